The van der Waals surface area contributed by atoms with Crippen LogP contribution in [0.4, 0.5) is 5.69 Å². The van der Waals surface area contributed by atoms with Crippen molar-refractivity contribution in [1.29, 1.82) is 0 Å². The van der Waals surface area contributed by atoms with Gasteiger partial charge in [-0.1, -0.05) is 35.6 Å². The number of ether oxygens (including phenoxy) is 2. The van der Waals surface area contributed by atoms with Crippen LogP contribution in [0.1, 0.15) is 35.6 Å². The standard InChI is InChI=1S/C26H26N2O4S2/c1-31-19-12-15(9-10-18(19)32-13-20(29)27-17-5-3-2-4-6-17)22-21-14-7-8-16(11-14)23(21)33-25-24(22)34-26(30)28-25/h2-6,9-10,12,14,16,21-23H,7-8,11,13H2,1H3,(H,27,29)(H,28,30)/t14?,16?,21?,22-,23?/m1/s1. The summed E-state index contributed by atoms with van der Waals surface area (Å²) < 4.78 is 11.5. The van der Waals surface area contributed by atoms with E-state index in [9.17, 15) is 9.59 Å². The van der Waals surface area contributed by atoms with Gasteiger partial charge in [0.15, 0.2) is 18.1 Å². The van der Waals surface area contributed by atoms with Crippen molar-refractivity contribution in [1.82, 2.24) is 4.98 Å². The van der Waals surface area contributed by atoms with E-state index in [0.717, 1.165) is 27.1 Å². The number of para-hydroxylation sites is 1. The number of aromatic amines is 1. The molecule has 4 unspecified atom stereocenters. The Labute approximate surface area is 206 Å². The predicted octanol–water partition coefficient (Wildman–Crippen LogP) is 5.11. The number of anilines is 1. The number of fused-ring (bicyclic) bond motifs is 6. The molecule has 2 heterocycles. The van der Waals surface area contributed by atoms with Gasteiger partial charge in [0, 0.05) is 21.7 Å². The molecule has 34 heavy (non-hydrogen) atoms. The highest BCUT2D eigenvalue weighted by molar-refractivity contribution is 8.00. The molecule has 6 rings (SSSR count). The highest BCUT2D eigenvalue weighted by atomic mass is 32.2. The maximum Gasteiger partial charge on any atom is 0.305 e. The van der Waals surface area contributed by atoms with E-state index in [1.54, 1.807) is 7.11 Å². The Kier molecular flexibility index (Phi) is 5.65. The normalized spacial score (nSPS) is 26.6. The molecule has 0 saturated heterocycles. The maximum absolute atomic E-state index is 12.3. The molecule has 2 fully saturated rings. The molecule has 3 aromatic rings. The van der Waals surface area contributed by atoms with Crippen LogP contribution in [-0.4, -0.2) is 29.9 Å². The van der Waals surface area contributed by atoms with Gasteiger partial charge in [-0.2, -0.15) is 0 Å². The second-order valence-electron chi connectivity index (χ2n) is 9.29. The Balaban J connectivity index is 1.26. The second kappa shape index (κ2) is 8.82. The van der Waals surface area contributed by atoms with Gasteiger partial charge in [-0.15, -0.1) is 11.8 Å². The number of rotatable bonds is 6. The molecule has 8 heteroatoms. The van der Waals surface area contributed by atoms with Crippen LogP contribution in [0, 0.1) is 17.8 Å². The number of carbonyl (C=O) groups excluding carboxylic acids is 1. The van der Waals surface area contributed by atoms with Crippen molar-refractivity contribution in [2.24, 2.45) is 17.8 Å². The monoisotopic (exact) mass is 494 g/mol. The first-order chi connectivity index (χ1) is 16.6. The minimum absolute atomic E-state index is 0.0196. The fourth-order valence-corrected chi connectivity index (χ4v) is 8.98. The number of hydrogen-bond donors (Lipinski definition) is 2. The Morgan fingerprint density at radius 3 is 2.76 bits per heavy atom. The van der Waals surface area contributed by atoms with Crippen LogP contribution in [0.3, 0.4) is 0 Å². The predicted molar refractivity (Wildman–Crippen MR) is 134 cm³/mol. The first-order valence-corrected chi connectivity index (χ1v) is 13.4. The zero-order valence-electron chi connectivity index (χ0n) is 18.8. The van der Waals surface area contributed by atoms with Crippen LogP contribution in [0.15, 0.2) is 58.4 Å². The van der Waals surface area contributed by atoms with Gasteiger partial charge >= 0.3 is 4.87 Å². The molecule has 2 aromatic carbocycles. The van der Waals surface area contributed by atoms with Crippen molar-refractivity contribution in [2.75, 3.05) is 19.0 Å². The molecule has 1 amide bonds. The van der Waals surface area contributed by atoms with Crippen molar-refractivity contribution in [3.8, 4) is 11.5 Å². The number of aromatic nitrogens is 1. The number of carbonyl (C=O) groups is 1. The number of thioether (sulfide) groups is 1. The van der Waals surface area contributed by atoms with E-state index in [0.29, 0.717) is 28.6 Å². The van der Waals surface area contributed by atoms with Crippen LogP contribution in [0.2, 0.25) is 0 Å². The highest BCUT2D eigenvalue weighted by Gasteiger charge is 2.54. The van der Waals surface area contributed by atoms with Crippen LogP contribution >= 0.6 is 23.1 Å². The Morgan fingerprint density at radius 1 is 1.12 bits per heavy atom. The molecular weight excluding hydrogens is 468 g/mol. The van der Waals surface area contributed by atoms with E-state index < -0.39 is 0 Å². The van der Waals surface area contributed by atoms with Crippen LogP contribution in [-0.2, 0) is 4.79 Å². The summed E-state index contributed by atoms with van der Waals surface area (Å²) in [5, 5.41) is 4.44. The number of thiazole rings is 1. The first kappa shape index (κ1) is 21.8. The molecule has 2 saturated carbocycles. The van der Waals surface area contributed by atoms with Gasteiger partial charge in [-0.3, -0.25) is 9.59 Å². The Hall–Kier alpha value is -2.71. The maximum atomic E-state index is 12.3. The molecule has 2 bridgehead atoms. The second-order valence-corrected chi connectivity index (χ2v) is 11.5. The van der Waals surface area contributed by atoms with Gasteiger partial charge in [0.2, 0.25) is 0 Å². The number of benzene rings is 2. The minimum atomic E-state index is -0.229. The van der Waals surface area contributed by atoms with Gasteiger partial charge in [0.05, 0.1) is 12.1 Å². The average Bonchev–Trinajstić information content (AvgIpc) is 3.56. The smallest absolute Gasteiger partial charge is 0.305 e. The molecule has 5 atom stereocenters. The molecule has 1 aromatic heterocycles. The van der Waals surface area contributed by atoms with E-state index in [4.69, 9.17) is 9.47 Å². The zero-order chi connectivity index (χ0) is 23.2. The lowest BCUT2D eigenvalue weighted by molar-refractivity contribution is -0.118. The van der Waals surface area contributed by atoms with E-state index in [-0.39, 0.29) is 23.3 Å². The Morgan fingerprint density at radius 2 is 1.94 bits per heavy atom. The minimum Gasteiger partial charge on any atom is -0.493 e. The van der Waals surface area contributed by atoms with Gasteiger partial charge in [0.25, 0.3) is 5.91 Å². The number of methoxy groups -OCH3 is 1. The summed E-state index contributed by atoms with van der Waals surface area (Å²) in [6.45, 7) is -0.108. The highest BCUT2D eigenvalue weighted by Crippen LogP contribution is 2.63. The van der Waals surface area contributed by atoms with E-state index in [2.05, 4.69) is 16.4 Å². The molecule has 2 aliphatic carbocycles. The summed E-state index contributed by atoms with van der Waals surface area (Å²) in [5.41, 5.74) is 1.88. The molecular formula is C26H26N2O4S2. The van der Waals surface area contributed by atoms with Crippen molar-refractivity contribution in [3.05, 3.63) is 68.6 Å². The third-order valence-electron chi connectivity index (χ3n) is 7.43. The topological polar surface area (TPSA) is 80.4 Å². The lowest BCUT2D eigenvalue weighted by Gasteiger charge is -2.40. The third kappa shape index (κ3) is 3.82. The van der Waals surface area contributed by atoms with Crippen LogP contribution in [0.5, 0.6) is 11.5 Å². The summed E-state index contributed by atoms with van der Waals surface area (Å²) in [6.07, 6.45) is 3.88. The number of hydrogen-bond acceptors (Lipinski definition) is 6. The fraction of sp³-hybridized carbons (Fsp3) is 0.385. The molecule has 1 aliphatic heterocycles. The third-order valence-corrected chi connectivity index (χ3v) is 10.1. The van der Waals surface area contributed by atoms with Gasteiger partial charge in [-0.05, 0) is 66.8 Å². The molecule has 0 spiro atoms. The summed E-state index contributed by atoms with van der Waals surface area (Å²) in [5.74, 6) is 3.08. The molecule has 3 aliphatic rings. The summed E-state index contributed by atoms with van der Waals surface area (Å²) in [4.78, 5) is 28.8. The lowest BCUT2D eigenvalue weighted by Crippen LogP contribution is -2.33. The summed E-state index contributed by atoms with van der Waals surface area (Å²) >= 11 is 3.23. The molecule has 176 valence electrons. The summed E-state index contributed by atoms with van der Waals surface area (Å²) in [7, 11) is 1.62. The number of nitrogens with one attached hydrogen (secondary N) is 2. The average molecular weight is 495 g/mol. The number of H-pyrrole nitrogens is 1. The van der Waals surface area contributed by atoms with Crippen molar-refractivity contribution < 1.29 is 14.3 Å². The van der Waals surface area contributed by atoms with E-state index in [1.807, 2.05) is 54.2 Å². The zero-order valence-corrected chi connectivity index (χ0v) is 20.4. The molecule has 6 nitrogen and oxygen atoms in total. The van der Waals surface area contributed by atoms with Gasteiger partial charge < -0.3 is 19.8 Å². The lowest BCUT2D eigenvalue weighted by atomic mass is 9.75. The first-order valence-electron chi connectivity index (χ1n) is 11.7. The largest absolute Gasteiger partial charge is 0.493 e. The van der Waals surface area contributed by atoms with Crippen LogP contribution < -0.4 is 19.7 Å². The van der Waals surface area contributed by atoms with Gasteiger partial charge in [-0.25, -0.2) is 0 Å². The van der Waals surface area contributed by atoms with E-state index in [1.165, 1.54) is 30.6 Å². The van der Waals surface area contributed by atoms with Gasteiger partial charge in [0.1, 0.15) is 0 Å². The quantitative estimate of drug-likeness (QED) is 0.498. The Bertz CT molecular complexity index is 1270. The summed E-state index contributed by atoms with van der Waals surface area (Å²) in [6, 6.07) is 15.3. The molecule has 2 N–H and O–H groups in total. The van der Waals surface area contributed by atoms with Crippen molar-refractivity contribution in [2.45, 2.75) is 35.5 Å². The fourth-order valence-electron chi connectivity index (χ4n) is 6.08. The van der Waals surface area contributed by atoms with E-state index >= 15 is 0 Å². The SMILES string of the molecule is COc1cc([C@H]2c3sc(=O)[nH]c3SC3C4CCC(C4)C32)ccc1OCC(=O)Nc1ccccc1. The van der Waals surface area contributed by atoms with Crippen molar-refractivity contribution in [3.63, 3.8) is 0 Å². The van der Waals surface area contributed by atoms with Crippen molar-refractivity contribution >= 4 is 34.7 Å². The van der Waals surface area contributed by atoms with Crippen LogP contribution in [0.25, 0.3) is 0 Å². The molecule has 0 radical (unpaired) electrons. The number of amides is 1.